The number of carbonyl (C=O) groups excluding carboxylic acids is 1. The van der Waals surface area contributed by atoms with Crippen LogP contribution in [-0.4, -0.2) is 22.0 Å². The standard InChI is InChI=1S/C18H16FN3O3/c1-9-5-11(3-4-14(9)19)21-15-6-12(20-10(2)23)7-16-13(15)8-17(22-16)18(24)25/h3-8,21-22H,1-2H3,(H,20,23)(H,24,25). The lowest BCUT2D eigenvalue weighted by Gasteiger charge is -2.11. The molecular weight excluding hydrogens is 325 g/mol. The number of hydrogen-bond acceptors (Lipinski definition) is 3. The maximum Gasteiger partial charge on any atom is 0.352 e. The van der Waals surface area contributed by atoms with Gasteiger partial charge in [-0.2, -0.15) is 0 Å². The summed E-state index contributed by atoms with van der Waals surface area (Å²) in [7, 11) is 0. The highest BCUT2D eigenvalue weighted by Gasteiger charge is 2.13. The molecule has 1 heterocycles. The highest BCUT2D eigenvalue weighted by Crippen LogP contribution is 2.31. The molecule has 3 rings (SSSR count). The van der Waals surface area contributed by atoms with Crippen LogP contribution in [0.1, 0.15) is 23.0 Å². The van der Waals surface area contributed by atoms with Crippen molar-refractivity contribution in [2.24, 2.45) is 0 Å². The van der Waals surface area contributed by atoms with E-state index >= 15 is 0 Å². The van der Waals surface area contributed by atoms with Gasteiger partial charge >= 0.3 is 5.97 Å². The minimum atomic E-state index is -1.08. The molecule has 0 aliphatic carbocycles. The summed E-state index contributed by atoms with van der Waals surface area (Å²) in [5.41, 5.74) is 2.84. The average molecular weight is 341 g/mol. The Labute approximate surface area is 142 Å². The summed E-state index contributed by atoms with van der Waals surface area (Å²) < 4.78 is 13.4. The van der Waals surface area contributed by atoms with Crippen molar-refractivity contribution in [3.63, 3.8) is 0 Å². The van der Waals surface area contributed by atoms with Crippen LogP contribution >= 0.6 is 0 Å². The molecule has 6 nitrogen and oxygen atoms in total. The summed E-state index contributed by atoms with van der Waals surface area (Å²) in [5, 5.41) is 15.7. The lowest BCUT2D eigenvalue weighted by molar-refractivity contribution is -0.114. The topological polar surface area (TPSA) is 94.2 Å². The summed E-state index contributed by atoms with van der Waals surface area (Å²) in [6.45, 7) is 3.04. The van der Waals surface area contributed by atoms with Gasteiger partial charge in [0, 0.05) is 23.7 Å². The van der Waals surface area contributed by atoms with E-state index in [2.05, 4.69) is 15.6 Å². The number of fused-ring (bicyclic) bond motifs is 1. The van der Waals surface area contributed by atoms with Crippen LogP contribution in [0.5, 0.6) is 0 Å². The number of nitrogens with one attached hydrogen (secondary N) is 3. The molecule has 0 aliphatic rings. The second kappa shape index (κ2) is 6.27. The highest BCUT2D eigenvalue weighted by molar-refractivity contribution is 6.03. The van der Waals surface area contributed by atoms with Gasteiger partial charge < -0.3 is 20.7 Å². The van der Waals surface area contributed by atoms with E-state index in [1.54, 1.807) is 31.2 Å². The number of carbonyl (C=O) groups is 2. The van der Waals surface area contributed by atoms with Crippen LogP contribution in [0.4, 0.5) is 21.5 Å². The molecule has 0 saturated heterocycles. The molecule has 0 saturated carbocycles. The zero-order chi connectivity index (χ0) is 18.1. The Hall–Kier alpha value is -3.35. The van der Waals surface area contributed by atoms with Crippen molar-refractivity contribution < 1.29 is 19.1 Å². The Morgan fingerprint density at radius 2 is 1.88 bits per heavy atom. The van der Waals surface area contributed by atoms with Gasteiger partial charge in [0.1, 0.15) is 11.5 Å². The molecular formula is C18H16FN3O3. The normalized spacial score (nSPS) is 10.7. The van der Waals surface area contributed by atoms with Gasteiger partial charge in [-0.25, -0.2) is 9.18 Å². The summed E-state index contributed by atoms with van der Waals surface area (Å²) in [6, 6.07) is 9.45. The van der Waals surface area contributed by atoms with Gasteiger partial charge in [0.2, 0.25) is 5.91 Å². The van der Waals surface area contributed by atoms with Crippen molar-refractivity contribution >= 4 is 39.8 Å². The van der Waals surface area contributed by atoms with Crippen molar-refractivity contribution in [1.82, 2.24) is 4.98 Å². The lowest BCUT2D eigenvalue weighted by Crippen LogP contribution is -2.06. The monoisotopic (exact) mass is 341 g/mol. The summed E-state index contributed by atoms with van der Waals surface area (Å²) in [5.74, 6) is -1.63. The molecule has 1 amide bonds. The average Bonchev–Trinajstić information content (AvgIpc) is 2.95. The Bertz CT molecular complexity index is 995. The molecule has 0 fully saturated rings. The fourth-order valence-electron chi connectivity index (χ4n) is 2.61. The number of carboxylic acid groups (broad SMARTS) is 1. The van der Waals surface area contributed by atoms with E-state index in [0.717, 1.165) is 0 Å². The van der Waals surface area contributed by atoms with Gasteiger partial charge in [0.05, 0.1) is 11.2 Å². The second-order valence-corrected chi connectivity index (χ2v) is 5.74. The molecule has 0 bridgehead atoms. The number of amides is 1. The molecule has 0 spiro atoms. The molecule has 2 aromatic carbocycles. The Morgan fingerprint density at radius 3 is 2.52 bits per heavy atom. The lowest BCUT2D eigenvalue weighted by atomic mass is 10.1. The van der Waals surface area contributed by atoms with Crippen LogP contribution in [0.2, 0.25) is 0 Å². The Morgan fingerprint density at radius 1 is 1.12 bits per heavy atom. The van der Waals surface area contributed by atoms with Crippen molar-refractivity contribution in [3.05, 3.63) is 53.5 Å². The van der Waals surface area contributed by atoms with Gasteiger partial charge in [-0.05, 0) is 48.9 Å². The molecule has 0 unspecified atom stereocenters. The van der Waals surface area contributed by atoms with Gasteiger partial charge in [-0.15, -0.1) is 0 Å². The van der Waals surface area contributed by atoms with Crippen LogP contribution in [0.15, 0.2) is 36.4 Å². The number of anilines is 3. The van der Waals surface area contributed by atoms with E-state index in [1.807, 2.05) is 0 Å². The van der Waals surface area contributed by atoms with Crippen molar-refractivity contribution in [2.45, 2.75) is 13.8 Å². The zero-order valence-electron chi connectivity index (χ0n) is 13.6. The number of rotatable bonds is 4. The van der Waals surface area contributed by atoms with Crippen LogP contribution in [0.3, 0.4) is 0 Å². The minimum Gasteiger partial charge on any atom is -0.477 e. The van der Waals surface area contributed by atoms with Crippen molar-refractivity contribution in [1.29, 1.82) is 0 Å². The van der Waals surface area contributed by atoms with E-state index < -0.39 is 5.97 Å². The van der Waals surface area contributed by atoms with E-state index in [0.29, 0.717) is 33.5 Å². The molecule has 25 heavy (non-hydrogen) atoms. The Kier molecular flexibility index (Phi) is 4.14. The molecule has 128 valence electrons. The number of aromatic carboxylic acids is 1. The number of H-pyrrole nitrogens is 1. The smallest absolute Gasteiger partial charge is 0.352 e. The zero-order valence-corrected chi connectivity index (χ0v) is 13.6. The molecule has 0 aliphatic heterocycles. The van der Waals surface area contributed by atoms with Crippen molar-refractivity contribution in [3.8, 4) is 0 Å². The number of hydrogen-bond donors (Lipinski definition) is 4. The first-order chi connectivity index (χ1) is 11.8. The van der Waals surface area contributed by atoms with Crippen LogP contribution < -0.4 is 10.6 Å². The van der Waals surface area contributed by atoms with Gasteiger partial charge in [0.15, 0.2) is 0 Å². The summed E-state index contributed by atoms with van der Waals surface area (Å²) >= 11 is 0. The van der Waals surface area contributed by atoms with Crippen molar-refractivity contribution in [2.75, 3.05) is 10.6 Å². The summed E-state index contributed by atoms with van der Waals surface area (Å²) in [6.07, 6.45) is 0. The van der Waals surface area contributed by atoms with E-state index in [-0.39, 0.29) is 17.4 Å². The fraction of sp³-hybridized carbons (Fsp3) is 0.111. The van der Waals surface area contributed by atoms with Gasteiger partial charge in [-0.3, -0.25) is 4.79 Å². The fourth-order valence-corrected chi connectivity index (χ4v) is 2.61. The molecule has 7 heteroatoms. The number of carboxylic acids is 1. The third kappa shape index (κ3) is 3.45. The van der Waals surface area contributed by atoms with E-state index in [4.69, 9.17) is 0 Å². The number of halogens is 1. The number of aromatic amines is 1. The third-order valence-corrected chi connectivity index (χ3v) is 3.73. The summed E-state index contributed by atoms with van der Waals surface area (Å²) in [4.78, 5) is 25.4. The molecule has 1 aromatic heterocycles. The van der Waals surface area contributed by atoms with E-state index in [9.17, 15) is 19.1 Å². The largest absolute Gasteiger partial charge is 0.477 e. The number of aromatic nitrogens is 1. The highest BCUT2D eigenvalue weighted by atomic mass is 19.1. The SMILES string of the molecule is CC(=O)Nc1cc(Nc2ccc(F)c(C)c2)c2cc(C(=O)O)[nH]c2c1. The maximum absolute atomic E-state index is 13.4. The molecule has 3 aromatic rings. The quantitative estimate of drug-likeness (QED) is 0.576. The minimum absolute atomic E-state index is 0.0355. The maximum atomic E-state index is 13.4. The Balaban J connectivity index is 2.10. The third-order valence-electron chi connectivity index (χ3n) is 3.73. The van der Waals surface area contributed by atoms with Gasteiger partial charge in [0.25, 0.3) is 0 Å². The predicted octanol–water partition coefficient (Wildman–Crippen LogP) is 4.02. The van der Waals surface area contributed by atoms with Crippen LogP contribution in [0, 0.1) is 12.7 Å². The first-order valence-electron chi connectivity index (χ1n) is 7.54. The first-order valence-corrected chi connectivity index (χ1v) is 7.54. The van der Waals surface area contributed by atoms with Crippen LogP contribution in [-0.2, 0) is 4.79 Å². The molecule has 0 atom stereocenters. The predicted molar refractivity (Wildman–Crippen MR) is 94.0 cm³/mol. The van der Waals surface area contributed by atoms with E-state index in [1.165, 1.54) is 19.1 Å². The van der Waals surface area contributed by atoms with Crippen LogP contribution in [0.25, 0.3) is 10.9 Å². The second-order valence-electron chi connectivity index (χ2n) is 5.74. The molecule has 0 radical (unpaired) electrons. The number of aryl methyl sites for hydroxylation is 1. The first kappa shape index (κ1) is 16.5. The molecule has 4 N–H and O–H groups in total. The van der Waals surface area contributed by atoms with Gasteiger partial charge in [-0.1, -0.05) is 0 Å². The number of benzene rings is 2.